The zero-order chi connectivity index (χ0) is 25.8. The van der Waals surface area contributed by atoms with Gasteiger partial charge in [0.2, 0.25) is 0 Å². The molecule has 0 N–H and O–H groups in total. The molecule has 0 radical (unpaired) electrons. The average molecular weight is 489 g/mol. The molecule has 0 aromatic heterocycles. The first-order valence-corrected chi connectivity index (χ1v) is 14.8. The summed E-state index contributed by atoms with van der Waals surface area (Å²) < 4.78 is 0. The van der Waals surface area contributed by atoms with E-state index in [1.165, 1.54) is 82.2 Å². The Morgan fingerprint density at radius 3 is 2.54 bits per heavy atom. The van der Waals surface area contributed by atoms with Gasteiger partial charge >= 0.3 is 0 Å². The molecule has 6 unspecified atom stereocenters. The SMILES string of the molecule is C=C1C=CC(C)C(=C)C1CC1=Cc2cccc(-c3cc(C)cc(C)c3CC3CC4CC(CC)C3C4)c2C1. The highest BCUT2D eigenvalue weighted by molar-refractivity contribution is 5.80. The average Bonchev–Trinajstić information content (AvgIpc) is 3.59. The molecule has 2 fully saturated rings. The topological polar surface area (TPSA) is 0 Å². The van der Waals surface area contributed by atoms with E-state index in [2.05, 4.69) is 89.4 Å². The van der Waals surface area contributed by atoms with Crippen molar-refractivity contribution in [3.63, 3.8) is 0 Å². The molecule has 4 aliphatic carbocycles. The Morgan fingerprint density at radius 2 is 1.76 bits per heavy atom. The maximum absolute atomic E-state index is 4.45. The van der Waals surface area contributed by atoms with Gasteiger partial charge in [-0.25, -0.2) is 0 Å². The van der Waals surface area contributed by atoms with Gasteiger partial charge in [-0.15, -0.1) is 0 Å². The summed E-state index contributed by atoms with van der Waals surface area (Å²) in [5.41, 5.74) is 14.5. The van der Waals surface area contributed by atoms with Crippen LogP contribution in [0.5, 0.6) is 0 Å². The Labute approximate surface area is 225 Å². The van der Waals surface area contributed by atoms with Gasteiger partial charge in [-0.3, -0.25) is 0 Å². The Balaban J connectivity index is 1.30. The molecule has 0 heteroatoms. The van der Waals surface area contributed by atoms with Crippen molar-refractivity contribution in [2.24, 2.45) is 35.5 Å². The quantitative estimate of drug-likeness (QED) is 0.355. The van der Waals surface area contributed by atoms with E-state index in [1.54, 1.807) is 5.56 Å². The number of benzene rings is 2. The molecule has 0 aliphatic heterocycles. The lowest BCUT2D eigenvalue weighted by Crippen LogP contribution is -2.22. The highest BCUT2D eigenvalue weighted by Gasteiger charge is 2.45. The lowest BCUT2D eigenvalue weighted by molar-refractivity contribution is 0.231. The molecule has 0 amide bonds. The third-order valence-corrected chi connectivity index (χ3v) is 10.5. The molecule has 2 aromatic rings. The lowest BCUT2D eigenvalue weighted by atomic mass is 9.75. The third kappa shape index (κ3) is 4.41. The number of aryl methyl sites for hydroxylation is 2. The van der Waals surface area contributed by atoms with E-state index in [0.717, 1.165) is 36.5 Å². The van der Waals surface area contributed by atoms with Crippen LogP contribution < -0.4 is 0 Å². The predicted octanol–water partition coefficient (Wildman–Crippen LogP) is 9.85. The normalized spacial score (nSPS) is 30.2. The lowest BCUT2D eigenvalue weighted by Gasteiger charge is -2.30. The van der Waals surface area contributed by atoms with E-state index in [4.69, 9.17) is 0 Å². The molecule has 6 rings (SSSR count). The molecule has 2 bridgehead atoms. The minimum Gasteiger partial charge on any atom is -0.0986 e. The molecule has 6 atom stereocenters. The number of rotatable bonds is 6. The Bertz CT molecular complexity index is 1310. The van der Waals surface area contributed by atoms with Crippen LogP contribution in [0.2, 0.25) is 0 Å². The van der Waals surface area contributed by atoms with Gasteiger partial charge in [0.15, 0.2) is 0 Å². The zero-order valence-corrected chi connectivity index (χ0v) is 23.4. The summed E-state index contributed by atoms with van der Waals surface area (Å²) in [7, 11) is 0. The van der Waals surface area contributed by atoms with Gasteiger partial charge in [-0.2, -0.15) is 0 Å². The summed E-state index contributed by atoms with van der Waals surface area (Å²) in [6, 6.07) is 11.9. The Kier molecular flexibility index (Phi) is 6.42. The second kappa shape index (κ2) is 9.61. The molecule has 0 saturated heterocycles. The minimum absolute atomic E-state index is 0.366. The first kappa shape index (κ1) is 24.7. The molecule has 192 valence electrons. The van der Waals surface area contributed by atoms with Gasteiger partial charge in [0.05, 0.1) is 0 Å². The fourth-order valence-electron chi connectivity index (χ4n) is 8.53. The largest absolute Gasteiger partial charge is 0.0986 e. The third-order valence-electron chi connectivity index (χ3n) is 10.5. The Morgan fingerprint density at radius 1 is 0.946 bits per heavy atom. The molecule has 0 spiro atoms. The summed E-state index contributed by atoms with van der Waals surface area (Å²) in [5, 5.41) is 0. The van der Waals surface area contributed by atoms with Crippen molar-refractivity contribution < 1.29 is 0 Å². The van der Waals surface area contributed by atoms with Crippen LogP contribution in [0.25, 0.3) is 17.2 Å². The summed E-state index contributed by atoms with van der Waals surface area (Å²) in [6.45, 7) is 18.1. The van der Waals surface area contributed by atoms with Crippen molar-refractivity contribution in [1.29, 1.82) is 0 Å². The van der Waals surface area contributed by atoms with Gasteiger partial charge in [0.1, 0.15) is 0 Å². The van der Waals surface area contributed by atoms with E-state index >= 15 is 0 Å². The fourth-order valence-corrected chi connectivity index (χ4v) is 8.53. The molecule has 37 heavy (non-hydrogen) atoms. The predicted molar refractivity (Wildman–Crippen MR) is 160 cm³/mol. The first-order valence-electron chi connectivity index (χ1n) is 14.8. The van der Waals surface area contributed by atoms with Crippen molar-refractivity contribution in [1.82, 2.24) is 0 Å². The fraction of sp³-hybridized carbons (Fsp3) is 0.459. The van der Waals surface area contributed by atoms with Crippen LogP contribution in [-0.2, 0) is 12.8 Å². The van der Waals surface area contributed by atoms with Crippen LogP contribution in [-0.4, -0.2) is 0 Å². The summed E-state index contributed by atoms with van der Waals surface area (Å²) in [6.07, 6.45) is 16.1. The smallest absolute Gasteiger partial charge is 0.00826 e. The number of allylic oxidation sites excluding steroid dienone is 5. The number of hydrogen-bond acceptors (Lipinski definition) is 0. The molecule has 0 nitrogen and oxygen atoms in total. The number of fused-ring (bicyclic) bond motifs is 3. The van der Waals surface area contributed by atoms with Crippen LogP contribution >= 0.6 is 0 Å². The summed E-state index contributed by atoms with van der Waals surface area (Å²) in [4.78, 5) is 0. The molecular weight excluding hydrogens is 444 g/mol. The van der Waals surface area contributed by atoms with Gasteiger partial charge in [-0.05, 0) is 121 Å². The molecule has 2 saturated carbocycles. The van der Waals surface area contributed by atoms with Crippen LogP contribution in [0.4, 0.5) is 0 Å². The molecule has 2 aromatic carbocycles. The van der Waals surface area contributed by atoms with Crippen LogP contribution in [0.3, 0.4) is 0 Å². The highest BCUT2D eigenvalue weighted by Crippen LogP contribution is 2.54. The minimum atomic E-state index is 0.366. The highest BCUT2D eigenvalue weighted by atomic mass is 14.5. The monoisotopic (exact) mass is 488 g/mol. The molecular formula is C37H44. The standard InChI is InChI=1S/C37H44/c1-7-29-15-27-17-31(35(29)19-27)21-34-25(5)13-22(2)14-37(34)32-10-8-9-30-16-28(20-36(30)32)18-33-24(4)12-11-23(3)26(33)6/h8-14,16,23,27,29,31,33,35H,4,6-7,15,17-21H2,1-3,5H3. The van der Waals surface area contributed by atoms with Crippen molar-refractivity contribution in [3.8, 4) is 11.1 Å². The van der Waals surface area contributed by atoms with E-state index in [-0.39, 0.29) is 0 Å². The van der Waals surface area contributed by atoms with E-state index in [0.29, 0.717) is 11.8 Å². The van der Waals surface area contributed by atoms with Crippen molar-refractivity contribution in [3.05, 3.63) is 100 Å². The van der Waals surface area contributed by atoms with Crippen molar-refractivity contribution in [2.75, 3.05) is 0 Å². The maximum atomic E-state index is 4.45. The zero-order valence-electron chi connectivity index (χ0n) is 23.4. The van der Waals surface area contributed by atoms with Crippen LogP contribution in [0.15, 0.2) is 72.4 Å². The van der Waals surface area contributed by atoms with Gasteiger partial charge < -0.3 is 0 Å². The van der Waals surface area contributed by atoms with Crippen LogP contribution in [0.1, 0.15) is 73.8 Å². The van der Waals surface area contributed by atoms with Crippen molar-refractivity contribution >= 4 is 6.08 Å². The second-order valence-electron chi connectivity index (χ2n) is 12.9. The second-order valence-corrected chi connectivity index (χ2v) is 12.9. The Hall–Kier alpha value is -2.60. The van der Waals surface area contributed by atoms with Crippen molar-refractivity contribution in [2.45, 2.75) is 72.6 Å². The van der Waals surface area contributed by atoms with E-state index in [9.17, 15) is 0 Å². The molecule has 4 aliphatic rings. The summed E-state index contributed by atoms with van der Waals surface area (Å²) in [5.74, 6) is 4.58. The van der Waals surface area contributed by atoms with E-state index < -0.39 is 0 Å². The first-order chi connectivity index (χ1) is 17.8. The molecule has 0 heterocycles. The summed E-state index contributed by atoms with van der Waals surface area (Å²) >= 11 is 0. The maximum Gasteiger partial charge on any atom is 0.00826 e. The van der Waals surface area contributed by atoms with Gasteiger partial charge in [0, 0.05) is 5.92 Å². The number of hydrogen-bond donors (Lipinski definition) is 0. The van der Waals surface area contributed by atoms with Gasteiger partial charge in [-0.1, -0.05) is 98.7 Å². The van der Waals surface area contributed by atoms with Crippen LogP contribution in [0, 0.1) is 49.4 Å². The van der Waals surface area contributed by atoms with E-state index in [1.807, 2.05) is 0 Å². The van der Waals surface area contributed by atoms with Gasteiger partial charge in [0.25, 0.3) is 0 Å².